The number of nitrogens with two attached hydrogens (primary N) is 1. The fourth-order valence-electron chi connectivity index (χ4n) is 1.46. The summed E-state index contributed by atoms with van der Waals surface area (Å²) in [6, 6.07) is 3.57. The lowest BCUT2D eigenvalue weighted by Gasteiger charge is -2.06. The number of hydrogen-bond acceptors (Lipinski definition) is 3. The molecule has 0 amide bonds. The topological polar surface area (TPSA) is 55.4 Å². The second-order valence-corrected chi connectivity index (χ2v) is 4.12. The number of nitrogen functional groups attached to an aromatic ring is 1. The summed E-state index contributed by atoms with van der Waals surface area (Å²) in [5, 5.41) is 2.99. The summed E-state index contributed by atoms with van der Waals surface area (Å²) < 4.78 is 0.943. The van der Waals surface area contributed by atoms with E-state index in [-0.39, 0.29) is 0 Å². The van der Waals surface area contributed by atoms with Gasteiger partial charge in [-0.2, -0.15) is 0 Å². The van der Waals surface area contributed by atoms with E-state index in [4.69, 9.17) is 5.73 Å². The molecule has 0 unspecified atom stereocenters. The highest BCUT2D eigenvalue weighted by Gasteiger charge is 2.29. The van der Waals surface area contributed by atoms with E-state index in [1.54, 1.807) is 6.07 Å². The molecule has 1 aromatic carbocycles. The minimum atomic E-state index is 0.414. The average molecular weight is 241 g/mol. The second-order valence-electron chi connectivity index (χ2n) is 3.26. The van der Waals surface area contributed by atoms with Gasteiger partial charge in [-0.1, -0.05) is 15.9 Å². The predicted octanol–water partition coefficient (Wildman–Crippen LogP) is 3.31. The lowest BCUT2D eigenvalue weighted by Crippen LogP contribution is -1.90. The van der Waals surface area contributed by atoms with Gasteiger partial charge in [-0.15, -0.1) is 4.91 Å². The Morgan fingerprint density at radius 3 is 2.69 bits per heavy atom. The Bertz CT molecular complexity index is 361. The van der Waals surface area contributed by atoms with Crippen molar-refractivity contribution in [2.45, 2.75) is 18.8 Å². The van der Waals surface area contributed by atoms with Crippen molar-refractivity contribution >= 4 is 27.3 Å². The van der Waals surface area contributed by atoms with E-state index in [2.05, 4.69) is 21.1 Å². The number of benzene rings is 1. The third-order valence-corrected chi connectivity index (χ3v) is 2.96. The van der Waals surface area contributed by atoms with Gasteiger partial charge < -0.3 is 5.73 Å². The minimum Gasteiger partial charge on any atom is -0.397 e. The van der Waals surface area contributed by atoms with Crippen LogP contribution >= 0.6 is 15.9 Å². The van der Waals surface area contributed by atoms with Crippen molar-refractivity contribution in [3.05, 3.63) is 27.1 Å². The summed E-state index contributed by atoms with van der Waals surface area (Å²) in [6.45, 7) is 0. The van der Waals surface area contributed by atoms with Crippen LogP contribution in [0.3, 0.4) is 0 Å². The number of rotatable bonds is 2. The van der Waals surface area contributed by atoms with E-state index < -0.39 is 0 Å². The SMILES string of the molecule is Nc1ccc(Br)c(C2CC2)c1N=O. The van der Waals surface area contributed by atoms with Crippen molar-refractivity contribution in [3.63, 3.8) is 0 Å². The normalized spacial score (nSPS) is 15.8. The summed E-state index contributed by atoms with van der Waals surface area (Å²) >= 11 is 3.41. The van der Waals surface area contributed by atoms with Gasteiger partial charge in [0.1, 0.15) is 5.69 Å². The van der Waals surface area contributed by atoms with Crippen LogP contribution < -0.4 is 5.73 Å². The van der Waals surface area contributed by atoms with Gasteiger partial charge in [0.25, 0.3) is 0 Å². The molecule has 0 aromatic heterocycles. The van der Waals surface area contributed by atoms with Crippen LogP contribution in [0.1, 0.15) is 24.3 Å². The molecule has 1 aliphatic carbocycles. The Hall–Kier alpha value is -0.900. The molecule has 0 aliphatic heterocycles. The molecule has 1 fully saturated rings. The highest BCUT2D eigenvalue weighted by Crippen LogP contribution is 2.49. The minimum absolute atomic E-state index is 0.414. The molecule has 13 heavy (non-hydrogen) atoms. The first-order valence-electron chi connectivity index (χ1n) is 4.15. The third-order valence-electron chi connectivity index (χ3n) is 2.27. The number of anilines is 1. The van der Waals surface area contributed by atoms with Gasteiger partial charge in [-0.25, -0.2) is 0 Å². The Morgan fingerprint density at radius 1 is 1.46 bits per heavy atom. The van der Waals surface area contributed by atoms with Crippen molar-refractivity contribution in [2.75, 3.05) is 5.73 Å². The molecule has 0 atom stereocenters. The fraction of sp³-hybridized carbons (Fsp3) is 0.333. The molecule has 4 heteroatoms. The lowest BCUT2D eigenvalue weighted by atomic mass is 10.1. The van der Waals surface area contributed by atoms with Crippen LogP contribution in [-0.2, 0) is 0 Å². The summed E-state index contributed by atoms with van der Waals surface area (Å²) in [5.41, 5.74) is 7.52. The van der Waals surface area contributed by atoms with Crippen molar-refractivity contribution in [3.8, 4) is 0 Å². The molecule has 0 radical (unpaired) electrons. The van der Waals surface area contributed by atoms with E-state index in [1.165, 1.54) is 0 Å². The van der Waals surface area contributed by atoms with Crippen LogP contribution in [0.4, 0.5) is 11.4 Å². The Kier molecular flexibility index (Phi) is 2.07. The standard InChI is InChI=1S/C9H9BrN2O/c10-6-3-4-7(11)9(12-13)8(6)5-1-2-5/h3-5H,1-2,11H2. The van der Waals surface area contributed by atoms with Gasteiger partial charge in [0.05, 0.1) is 5.69 Å². The molecule has 2 rings (SSSR count). The maximum absolute atomic E-state index is 10.6. The average Bonchev–Trinajstić information content (AvgIpc) is 2.91. The molecule has 1 aliphatic rings. The van der Waals surface area contributed by atoms with Gasteiger partial charge in [-0.05, 0) is 36.1 Å². The zero-order valence-corrected chi connectivity index (χ0v) is 8.54. The molecule has 1 saturated carbocycles. The molecule has 0 spiro atoms. The van der Waals surface area contributed by atoms with Crippen molar-refractivity contribution in [1.82, 2.24) is 0 Å². The quantitative estimate of drug-likeness (QED) is 0.637. The summed E-state index contributed by atoms with van der Waals surface area (Å²) in [7, 11) is 0. The second kappa shape index (κ2) is 3.10. The molecular formula is C9H9BrN2O. The first-order valence-corrected chi connectivity index (χ1v) is 4.94. The van der Waals surface area contributed by atoms with Crippen molar-refractivity contribution in [1.29, 1.82) is 0 Å². The van der Waals surface area contributed by atoms with Crippen LogP contribution in [0, 0.1) is 4.91 Å². The van der Waals surface area contributed by atoms with Gasteiger partial charge in [0.2, 0.25) is 0 Å². The van der Waals surface area contributed by atoms with Gasteiger partial charge in [0, 0.05) is 10.0 Å². The maximum Gasteiger partial charge on any atom is 0.135 e. The Balaban J connectivity index is 2.60. The maximum atomic E-state index is 10.6. The molecule has 3 nitrogen and oxygen atoms in total. The molecule has 0 bridgehead atoms. The monoisotopic (exact) mass is 240 g/mol. The first-order chi connectivity index (χ1) is 6.24. The van der Waals surface area contributed by atoms with E-state index in [9.17, 15) is 4.91 Å². The zero-order chi connectivity index (χ0) is 9.42. The smallest absolute Gasteiger partial charge is 0.135 e. The van der Waals surface area contributed by atoms with Crippen molar-refractivity contribution in [2.24, 2.45) is 5.18 Å². The molecule has 0 heterocycles. The highest BCUT2D eigenvalue weighted by atomic mass is 79.9. The first kappa shape index (κ1) is 8.69. The number of hydrogen-bond donors (Lipinski definition) is 1. The molecular weight excluding hydrogens is 232 g/mol. The number of nitrogens with zero attached hydrogens (tertiary/aromatic N) is 1. The lowest BCUT2D eigenvalue weighted by molar-refractivity contribution is 1.11. The molecule has 0 saturated heterocycles. The van der Waals surface area contributed by atoms with Crippen molar-refractivity contribution < 1.29 is 0 Å². The largest absolute Gasteiger partial charge is 0.397 e. The number of nitroso groups, excluding NO2 is 1. The van der Waals surface area contributed by atoms with Gasteiger partial charge >= 0.3 is 0 Å². The van der Waals surface area contributed by atoms with Crippen LogP contribution in [0.15, 0.2) is 21.8 Å². The Morgan fingerprint density at radius 2 is 2.15 bits per heavy atom. The van der Waals surface area contributed by atoms with Gasteiger partial charge in [-0.3, -0.25) is 0 Å². The molecule has 1 aromatic rings. The predicted molar refractivity (Wildman–Crippen MR) is 56.0 cm³/mol. The summed E-state index contributed by atoms with van der Waals surface area (Å²) in [5.74, 6) is 0.477. The Labute approximate surface area is 84.4 Å². The summed E-state index contributed by atoms with van der Waals surface area (Å²) in [4.78, 5) is 10.6. The van der Waals surface area contributed by atoms with E-state index in [0.29, 0.717) is 17.3 Å². The highest BCUT2D eigenvalue weighted by molar-refractivity contribution is 9.10. The third kappa shape index (κ3) is 1.46. The summed E-state index contributed by atoms with van der Waals surface area (Å²) in [6.07, 6.45) is 2.26. The van der Waals surface area contributed by atoms with Crippen LogP contribution in [-0.4, -0.2) is 0 Å². The van der Waals surface area contributed by atoms with Crippen LogP contribution in [0.25, 0.3) is 0 Å². The van der Waals surface area contributed by atoms with E-state index >= 15 is 0 Å². The molecule has 68 valence electrons. The molecule has 2 N–H and O–H groups in total. The zero-order valence-electron chi connectivity index (χ0n) is 6.96. The fourth-order valence-corrected chi connectivity index (χ4v) is 2.11. The number of halogens is 1. The van der Waals surface area contributed by atoms with Crippen LogP contribution in [0.2, 0.25) is 0 Å². The van der Waals surface area contributed by atoms with Gasteiger partial charge in [0.15, 0.2) is 0 Å². The van der Waals surface area contributed by atoms with E-state index in [1.807, 2.05) is 6.07 Å². The van der Waals surface area contributed by atoms with E-state index in [0.717, 1.165) is 22.9 Å². The van der Waals surface area contributed by atoms with Crippen LogP contribution in [0.5, 0.6) is 0 Å².